The largest absolute Gasteiger partial charge is 0.492 e. The monoisotopic (exact) mass is 249 g/mol. The predicted octanol–water partition coefficient (Wildman–Crippen LogP) is 3.97. The molecule has 0 amide bonds. The molecule has 0 aliphatic rings. The highest BCUT2D eigenvalue weighted by atomic mass is 16.5. The highest BCUT2D eigenvalue weighted by molar-refractivity contribution is 5.30. The van der Waals surface area contributed by atoms with Crippen molar-refractivity contribution in [1.82, 2.24) is 5.32 Å². The summed E-state index contributed by atoms with van der Waals surface area (Å²) in [6.07, 6.45) is 2.27. The third kappa shape index (κ3) is 5.09. The van der Waals surface area contributed by atoms with E-state index in [-0.39, 0.29) is 0 Å². The van der Waals surface area contributed by atoms with Gasteiger partial charge in [0.2, 0.25) is 0 Å². The molecular formula is C16H27NO. The van der Waals surface area contributed by atoms with Gasteiger partial charge in [0.05, 0.1) is 0 Å². The molecule has 0 fully saturated rings. The third-order valence-electron chi connectivity index (χ3n) is 3.15. The maximum atomic E-state index is 5.88. The Morgan fingerprint density at radius 1 is 1.22 bits per heavy atom. The Kier molecular flexibility index (Phi) is 6.81. The van der Waals surface area contributed by atoms with Crippen LogP contribution in [-0.2, 0) is 0 Å². The van der Waals surface area contributed by atoms with Crippen LogP contribution in [0.3, 0.4) is 0 Å². The van der Waals surface area contributed by atoms with Gasteiger partial charge in [0.1, 0.15) is 12.4 Å². The summed E-state index contributed by atoms with van der Waals surface area (Å²) in [7, 11) is 0. The van der Waals surface area contributed by atoms with E-state index in [2.05, 4.69) is 51.2 Å². The Hall–Kier alpha value is -1.02. The summed E-state index contributed by atoms with van der Waals surface area (Å²) in [4.78, 5) is 0. The molecule has 18 heavy (non-hydrogen) atoms. The lowest BCUT2D eigenvalue weighted by Crippen LogP contribution is -2.34. The van der Waals surface area contributed by atoms with Crippen LogP contribution in [0, 0.1) is 0 Å². The summed E-state index contributed by atoms with van der Waals surface area (Å²) in [5.41, 5.74) is 1.34. The lowest BCUT2D eigenvalue weighted by Gasteiger charge is -2.18. The summed E-state index contributed by atoms with van der Waals surface area (Å²) in [6, 6.07) is 8.87. The first-order valence-corrected chi connectivity index (χ1v) is 7.13. The Balaban J connectivity index is 2.48. The Bertz CT molecular complexity index is 336. The summed E-state index contributed by atoms with van der Waals surface area (Å²) in [5.74, 6) is 1.53. The Morgan fingerprint density at radius 2 is 2.00 bits per heavy atom. The average Bonchev–Trinajstić information content (AvgIpc) is 2.39. The average molecular weight is 249 g/mol. The molecule has 1 atom stereocenters. The summed E-state index contributed by atoms with van der Waals surface area (Å²) in [6.45, 7) is 10.6. The number of rotatable bonds is 8. The van der Waals surface area contributed by atoms with Gasteiger partial charge in [0.25, 0.3) is 0 Å². The molecule has 0 aliphatic carbocycles. The summed E-state index contributed by atoms with van der Waals surface area (Å²) >= 11 is 0. The molecular weight excluding hydrogens is 222 g/mol. The van der Waals surface area contributed by atoms with Gasteiger partial charge in [-0.2, -0.15) is 0 Å². The SMILES string of the molecule is CCCNC(CC)COc1cccc(C(C)C)c1. The molecule has 1 unspecified atom stereocenters. The minimum Gasteiger partial charge on any atom is -0.492 e. The topological polar surface area (TPSA) is 21.3 Å². The van der Waals surface area contributed by atoms with Crippen LogP contribution < -0.4 is 10.1 Å². The highest BCUT2D eigenvalue weighted by Crippen LogP contribution is 2.20. The van der Waals surface area contributed by atoms with Crippen molar-refractivity contribution in [3.63, 3.8) is 0 Å². The maximum Gasteiger partial charge on any atom is 0.119 e. The van der Waals surface area contributed by atoms with E-state index in [9.17, 15) is 0 Å². The van der Waals surface area contributed by atoms with Crippen molar-refractivity contribution in [1.29, 1.82) is 0 Å². The van der Waals surface area contributed by atoms with Gasteiger partial charge >= 0.3 is 0 Å². The molecule has 0 aliphatic heterocycles. The fourth-order valence-corrected chi connectivity index (χ4v) is 1.83. The fraction of sp³-hybridized carbons (Fsp3) is 0.625. The number of nitrogens with one attached hydrogen (secondary N) is 1. The molecule has 0 aromatic heterocycles. The third-order valence-corrected chi connectivity index (χ3v) is 3.15. The van der Waals surface area contributed by atoms with Crippen LogP contribution in [0.2, 0.25) is 0 Å². The van der Waals surface area contributed by atoms with Gasteiger partial charge < -0.3 is 10.1 Å². The van der Waals surface area contributed by atoms with E-state index in [1.165, 1.54) is 12.0 Å². The van der Waals surface area contributed by atoms with Gasteiger partial charge in [-0.25, -0.2) is 0 Å². The normalized spacial score (nSPS) is 12.7. The molecule has 1 N–H and O–H groups in total. The molecule has 0 saturated heterocycles. The summed E-state index contributed by atoms with van der Waals surface area (Å²) in [5, 5.41) is 3.50. The maximum absolute atomic E-state index is 5.88. The minimum atomic E-state index is 0.452. The van der Waals surface area contributed by atoms with E-state index in [4.69, 9.17) is 4.74 Å². The van der Waals surface area contributed by atoms with Crippen LogP contribution in [0.5, 0.6) is 5.75 Å². The predicted molar refractivity (Wildman–Crippen MR) is 78.4 cm³/mol. The molecule has 0 saturated carbocycles. The second-order valence-corrected chi connectivity index (χ2v) is 5.10. The number of hydrogen-bond donors (Lipinski definition) is 1. The van der Waals surface area contributed by atoms with Crippen LogP contribution in [-0.4, -0.2) is 19.2 Å². The Morgan fingerprint density at radius 3 is 2.61 bits per heavy atom. The minimum absolute atomic E-state index is 0.452. The zero-order valence-corrected chi connectivity index (χ0v) is 12.2. The first kappa shape index (κ1) is 15.0. The molecule has 0 spiro atoms. The van der Waals surface area contributed by atoms with E-state index in [0.717, 1.165) is 25.3 Å². The van der Waals surface area contributed by atoms with E-state index in [1.807, 2.05) is 6.07 Å². The first-order valence-electron chi connectivity index (χ1n) is 7.13. The lowest BCUT2D eigenvalue weighted by molar-refractivity contribution is 0.260. The van der Waals surface area contributed by atoms with Crippen molar-refractivity contribution in [2.45, 2.75) is 52.5 Å². The highest BCUT2D eigenvalue weighted by Gasteiger charge is 2.06. The van der Waals surface area contributed by atoms with E-state index < -0.39 is 0 Å². The zero-order valence-electron chi connectivity index (χ0n) is 12.2. The van der Waals surface area contributed by atoms with E-state index in [0.29, 0.717) is 12.0 Å². The van der Waals surface area contributed by atoms with Gasteiger partial charge in [0.15, 0.2) is 0 Å². The molecule has 0 bridgehead atoms. The summed E-state index contributed by atoms with van der Waals surface area (Å²) < 4.78 is 5.88. The van der Waals surface area contributed by atoms with Gasteiger partial charge in [-0.1, -0.05) is 39.8 Å². The smallest absolute Gasteiger partial charge is 0.119 e. The van der Waals surface area contributed by atoms with Crippen LogP contribution in [0.15, 0.2) is 24.3 Å². The molecule has 0 heterocycles. The second-order valence-electron chi connectivity index (χ2n) is 5.10. The number of hydrogen-bond acceptors (Lipinski definition) is 2. The van der Waals surface area contributed by atoms with Crippen LogP contribution in [0.1, 0.15) is 52.0 Å². The molecule has 1 aromatic carbocycles. The second kappa shape index (κ2) is 8.15. The van der Waals surface area contributed by atoms with Crippen molar-refractivity contribution in [2.24, 2.45) is 0 Å². The molecule has 102 valence electrons. The van der Waals surface area contributed by atoms with Crippen molar-refractivity contribution in [3.05, 3.63) is 29.8 Å². The van der Waals surface area contributed by atoms with Crippen LogP contribution in [0.4, 0.5) is 0 Å². The lowest BCUT2D eigenvalue weighted by atomic mass is 10.0. The van der Waals surface area contributed by atoms with E-state index in [1.54, 1.807) is 0 Å². The molecule has 1 rings (SSSR count). The van der Waals surface area contributed by atoms with Crippen molar-refractivity contribution in [3.8, 4) is 5.75 Å². The first-order chi connectivity index (χ1) is 8.67. The van der Waals surface area contributed by atoms with Crippen molar-refractivity contribution >= 4 is 0 Å². The fourth-order valence-electron chi connectivity index (χ4n) is 1.83. The van der Waals surface area contributed by atoms with Gasteiger partial charge in [-0.3, -0.25) is 0 Å². The van der Waals surface area contributed by atoms with Crippen LogP contribution in [0.25, 0.3) is 0 Å². The van der Waals surface area contributed by atoms with E-state index >= 15 is 0 Å². The molecule has 2 nitrogen and oxygen atoms in total. The molecule has 2 heteroatoms. The molecule has 1 aromatic rings. The number of ether oxygens (including phenoxy) is 1. The Labute approximate surface area is 112 Å². The van der Waals surface area contributed by atoms with Crippen molar-refractivity contribution in [2.75, 3.05) is 13.2 Å². The van der Waals surface area contributed by atoms with Gasteiger partial charge in [-0.15, -0.1) is 0 Å². The van der Waals surface area contributed by atoms with Crippen molar-refractivity contribution < 1.29 is 4.74 Å². The van der Waals surface area contributed by atoms with Gasteiger partial charge in [-0.05, 0) is 43.0 Å². The van der Waals surface area contributed by atoms with Gasteiger partial charge in [0, 0.05) is 6.04 Å². The molecule has 0 radical (unpaired) electrons. The van der Waals surface area contributed by atoms with Crippen LogP contribution >= 0.6 is 0 Å². The number of benzene rings is 1. The zero-order chi connectivity index (χ0) is 13.4. The standard InChI is InChI=1S/C16H27NO/c1-5-10-17-15(6-2)12-18-16-9-7-8-14(11-16)13(3)4/h7-9,11,13,15,17H,5-6,10,12H2,1-4H3. The quantitative estimate of drug-likeness (QED) is 0.753.